The lowest BCUT2D eigenvalue weighted by Gasteiger charge is -2.06. The Hall–Kier alpha value is -2.51. The van der Waals surface area contributed by atoms with Gasteiger partial charge in [-0.15, -0.1) is 0 Å². The van der Waals surface area contributed by atoms with Gasteiger partial charge in [-0.3, -0.25) is 0 Å². The molecular weight excluding hydrogens is 272 g/mol. The summed E-state index contributed by atoms with van der Waals surface area (Å²) in [6, 6.07) is 13.3. The second kappa shape index (κ2) is 4.87. The van der Waals surface area contributed by atoms with E-state index in [1.54, 1.807) is 13.0 Å². The molecule has 0 saturated heterocycles. The van der Waals surface area contributed by atoms with E-state index in [1.807, 2.05) is 30.3 Å². The van der Waals surface area contributed by atoms with Gasteiger partial charge in [0, 0.05) is 17.0 Å². The number of aryl methyl sites for hydroxylation is 1. The number of halogens is 1. The van der Waals surface area contributed by atoms with Crippen LogP contribution in [0.25, 0.3) is 22.2 Å². The van der Waals surface area contributed by atoms with Gasteiger partial charge in [-0.05, 0) is 19.1 Å². The molecule has 0 N–H and O–H groups in total. The van der Waals surface area contributed by atoms with E-state index in [0.717, 1.165) is 10.9 Å². The molecule has 0 spiro atoms. The molecule has 0 saturated carbocycles. The van der Waals surface area contributed by atoms with E-state index in [-0.39, 0.29) is 0 Å². The average Bonchev–Trinajstić information content (AvgIpc) is 2.44. The molecule has 20 heavy (non-hydrogen) atoms. The minimum absolute atomic E-state index is 0.331. The first-order valence-corrected chi connectivity index (χ1v) is 6.36. The molecule has 0 atom stereocenters. The summed E-state index contributed by atoms with van der Waals surface area (Å²) >= 11 is 5.96. The average molecular weight is 281 g/mol. The van der Waals surface area contributed by atoms with Crippen LogP contribution in [0.1, 0.15) is 11.5 Å². The summed E-state index contributed by atoms with van der Waals surface area (Å²) in [5, 5.41) is 10.6. The van der Waals surface area contributed by atoms with Gasteiger partial charge in [0.15, 0.2) is 5.69 Å². The summed E-state index contributed by atoms with van der Waals surface area (Å²) in [5.74, 6) is 0.560. The fraction of sp³-hybridized carbons (Fsp3) is 0.0667. The van der Waals surface area contributed by atoms with E-state index < -0.39 is 0 Å². The van der Waals surface area contributed by atoms with Gasteiger partial charge in [-0.25, -0.2) is 15.0 Å². The molecule has 3 aromatic rings. The predicted octanol–water partition coefficient (Wildman–Crippen LogP) is 3.53. The predicted molar refractivity (Wildman–Crippen MR) is 77.2 cm³/mol. The van der Waals surface area contributed by atoms with Crippen LogP contribution >= 0.6 is 11.6 Å². The zero-order valence-corrected chi connectivity index (χ0v) is 11.4. The van der Waals surface area contributed by atoms with E-state index in [4.69, 9.17) is 11.6 Å². The van der Waals surface area contributed by atoms with Crippen LogP contribution in [0.3, 0.4) is 0 Å². The second-order valence-electron chi connectivity index (χ2n) is 4.31. The molecule has 0 bridgehead atoms. The van der Waals surface area contributed by atoms with Gasteiger partial charge in [0.1, 0.15) is 17.0 Å². The van der Waals surface area contributed by atoms with Gasteiger partial charge in [-0.1, -0.05) is 29.8 Å². The van der Waals surface area contributed by atoms with Crippen molar-refractivity contribution >= 4 is 22.5 Å². The van der Waals surface area contributed by atoms with Crippen molar-refractivity contribution in [1.29, 1.82) is 5.26 Å². The minimum atomic E-state index is 0.331. The highest BCUT2D eigenvalue weighted by atomic mass is 35.5. The lowest BCUT2D eigenvalue weighted by Crippen LogP contribution is -1.96. The van der Waals surface area contributed by atoms with Crippen LogP contribution in [0.2, 0.25) is 5.15 Å². The number of hydrogen-bond acceptors (Lipinski definition) is 4. The molecule has 0 aliphatic heterocycles. The topological polar surface area (TPSA) is 62.5 Å². The fourth-order valence-corrected chi connectivity index (χ4v) is 2.29. The summed E-state index contributed by atoms with van der Waals surface area (Å²) in [5.41, 5.74) is 2.39. The lowest BCUT2D eigenvalue weighted by atomic mass is 10.1. The number of pyridine rings is 1. The Labute approximate surface area is 120 Å². The van der Waals surface area contributed by atoms with Crippen molar-refractivity contribution in [3.63, 3.8) is 0 Å². The van der Waals surface area contributed by atoms with E-state index in [9.17, 15) is 5.26 Å². The highest BCUT2D eigenvalue weighted by molar-refractivity contribution is 6.29. The highest BCUT2D eigenvalue weighted by Crippen LogP contribution is 2.26. The van der Waals surface area contributed by atoms with Crippen LogP contribution in [0.15, 0.2) is 36.4 Å². The third-order valence-electron chi connectivity index (χ3n) is 2.91. The number of nitriles is 1. The van der Waals surface area contributed by atoms with Crippen LogP contribution in [0.5, 0.6) is 0 Å². The quantitative estimate of drug-likeness (QED) is 0.640. The molecule has 3 rings (SSSR count). The standard InChI is InChI=1S/C15H9ClN4/c1-9-18-13(7-15(16)19-9)11-6-10-4-2-3-5-12(10)20-14(11)8-17/h2-7H,1H3. The van der Waals surface area contributed by atoms with Crippen LogP contribution in [-0.2, 0) is 0 Å². The largest absolute Gasteiger partial charge is 0.236 e. The summed E-state index contributed by atoms with van der Waals surface area (Å²) in [6.45, 7) is 1.76. The molecular formula is C15H9ClN4. The molecule has 4 nitrogen and oxygen atoms in total. The monoisotopic (exact) mass is 280 g/mol. The summed E-state index contributed by atoms with van der Waals surface area (Å²) in [7, 11) is 0. The van der Waals surface area contributed by atoms with Crippen LogP contribution in [0, 0.1) is 18.3 Å². The summed E-state index contributed by atoms with van der Waals surface area (Å²) < 4.78 is 0. The van der Waals surface area contributed by atoms with Crippen LogP contribution < -0.4 is 0 Å². The number of hydrogen-bond donors (Lipinski definition) is 0. The number of fused-ring (bicyclic) bond motifs is 1. The normalized spacial score (nSPS) is 10.4. The summed E-state index contributed by atoms with van der Waals surface area (Å²) in [4.78, 5) is 12.7. The summed E-state index contributed by atoms with van der Waals surface area (Å²) in [6.07, 6.45) is 0. The van der Waals surface area contributed by atoms with Gasteiger partial charge in [0.05, 0.1) is 11.2 Å². The van der Waals surface area contributed by atoms with Gasteiger partial charge >= 0.3 is 0 Å². The zero-order chi connectivity index (χ0) is 14.1. The maximum absolute atomic E-state index is 9.29. The second-order valence-corrected chi connectivity index (χ2v) is 4.70. The van der Waals surface area contributed by atoms with E-state index in [1.165, 1.54) is 0 Å². The number of para-hydroxylation sites is 1. The molecule has 0 fully saturated rings. The lowest BCUT2D eigenvalue weighted by molar-refractivity contribution is 1.06. The number of rotatable bonds is 1. The fourth-order valence-electron chi connectivity index (χ4n) is 2.07. The third kappa shape index (κ3) is 2.20. The molecule has 2 heterocycles. The molecule has 0 amide bonds. The molecule has 2 aromatic heterocycles. The number of aromatic nitrogens is 3. The van der Waals surface area contributed by atoms with Crippen molar-refractivity contribution < 1.29 is 0 Å². The first-order chi connectivity index (χ1) is 9.67. The van der Waals surface area contributed by atoms with Gasteiger partial charge in [-0.2, -0.15) is 5.26 Å². The molecule has 0 aliphatic rings. The first-order valence-electron chi connectivity index (χ1n) is 5.99. The Kier molecular flexibility index (Phi) is 3.05. The first kappa shape index (κ1) is 12.5. The Morgan fingerprint density at radius 1 is 1.10 bits per heavy atom. The molecule has 1 aromatic carbocycles. The molecule has 0 unspecified atom stereocenters. The van der Waals surface area contributed by atoms with Gasteiger partial charge in [0.25, 0.3) is 0 Å². The Morgan fingerprint density at radius 2 is 1.90 bits per heavy atom. The Bertz CT molecular complexity index is 832. The maximum atomic E-state index is 9.29. The number of benzene rings is 1. The highest BCUT2D eigenvalue weighted by Gasteiger charge is 2.11. The number of nitrogens with zero attached hydrogens (tertiary/aromatic N) is 4. The molecule has 5 heteroatoms. The molecule has 96 valence electrons. The maximum Gasteiger partial charge on any atom is 0.150 e. The zero-order valence-electron chi connectivity index (χ0n) is 10.6. The van der Waals surface area contributed by atoms with Crippen molar-refractivity contribution in [2.45, 2.75) is 6.92 Å². The SMILES string of the molecule is Cc1nc(Cl)cc(-c2cc3ccccc3nc2C#N)n1. The molecule has 0 aliphatic carbocycles. The van der Waals surface area contributed by atoms with E-state index in [0.29, 0.717) is 27.9 Å². The third-order valence-corrected chi connectivity index (χ3v) is 3.11. The van der Waals surface area contributed by atoms with Gasteiger partial charge in [0.2, 0.25) is 0 Å². The van der Waals surface area contributed by atoms with Crippen LogP contribution in [-0.4, -0.2) is 15.0 Å². The Balaban J connectivity index is 2.32. The van der Waals surface area contributed by atoms with E-state index in [2.05, 4.69) is 21.0 Å². The Morgan fingerprint density at radius 3 is 2.65 bits per heavy atom. The smallest absolute Gasteiger partial charge is 0.150 e. The van der Waals surface area contributed by atoms with Crippen molar-refractivity contribution in [2.24, 2.45) is 0 Å². The van der Waals surface area contributed by atoms with Gasteiger partial charge < -0.3 is 0 Å². The van der Waals surface area contributed by atoms with E-state index >= 15 is 0 Å². The minimum Gasteiger partial charge on any atom is -0.236 e. The van der Waals surface area contributed by atoms with Crippen molar-refractivity contribution in [3.05, 3.63) is 53.1 Å². The van der Waals surface area contributed by atoms with Crippen LogP contribution in [0.4, 0.5) is 0 Å². The van der Waals surface area contributed by atoms with Crippen molar-refractivity contribution in [2.75, 3.05) is 0 Å². The molecule has 0 radical (unpaired) electrons. The van der Waals surface area contributed by atoms with Crippen molar-refractivity contribution in [3.8, 4) is 17.3 Å². The van der Waals surface area contributed by atoms with Crippen molar-refractivity contribution in [1.82, 2.24) is 15.0 Å².